The first-order valence-electron chi connectivity index (χ1n) is 7.15. The predicted octanol–water partition coefficient (Wildman–Crippen LogP) is 6.34. The van der Waals surface area contributed by atoms with Gasteiger partial charge in [-0.05, 0) is 29.5 Å². The van der Waals surface area contributed by atoms with E-state index in [1.165, 1.54) is 17.7 Å². The fourth-order valence-corrected chi connectivity index (χ4v) is 2.18. The van der Waals surface area contributed by atoms with E-state index in [9.17, 15) is 17.6 Å². The van der Waals surface area contributed by atoms with Gasteiger partial charge in [0.25, 0.3) is 0 Å². The van der Waals surface area contributed by atoms with E-state index in [-0.39, 0.29) is 11.6 Å². The predicted molar refractivity (Wildman–Crippen MR) is 85.5 cm³/mol. The molecule has 0 spiro atoms. The highest BCUT2D eigenvalue weighted by Crippen LogP contribution is 2.27. The minimum atomic E-state index is -4.66. The zero-order chi connectivity index (χ0) is 16.9. The number of hydrogen-bond donors (Lipinski definition) is 0. The maximum absolute atomic E-state index is 13.5. The molecule has 0 fully saturated rings. The molecule has 0 bridgehead atoms. The lowest BCUT2D eigenvalue weighted by Crippen LogP contribution is -2.01. The van der Waals surface area contributed by atoms with Gasteiger partial charge in [0.15, 0.2) is 0 Å². The number of allylic oxidation sites excluding steroid dienone is 2. The monoisotopic (exact) mass is 320 g/mol. The van der Waals surface area contributed by atoms with Gasteiger partial charge in [0.05, 0.1) is 6.08 Å². The van der Waals surface area contributed by atoms with Crippen LogP contribution in [0.15, 0.2) is 67.3 Å². The highest BCUT2D eigenvalue weighted by Gasteiger charge is 2.25. The first-order chi connectivity index (χ1) is 10.9. The third kappa shape index (κ3) is 5.09. The van der Waals surface area contributed by atoms with Gasteiger partial charge in [0.1, 0.15) is 5.83 Å². The van der Waals surface area contributed by atoms with Crippen molar-refractivity contribution in [3.05, 3.63) is 78.4 Å². The summed E-state index contributed by atoms with van der Waals surface area (Å²) in [6.45, 7) is 3.68. The van der Waals surface area contributed by atoms with Crippen LogP contribution in [0.4, 0.5) is 17.6 Å². The Hall–Kier alpha value is -2.36. The number of aryl methyl sites for hydroxylation is 1. The maximum Gasteiger partial charge on any atom is 0.412 e. The Labute approximate surface area is 132 Å². The first kappa shape index (κ1) is 17.0. The quantitative estimate of drug-likeness (QED) is 0.445. The van der Waals surface area contributed by atoms with Crippen molar-refractivity contribution in [1.82, 2.24) is 0 Å². The standard InChI is InChI=1S/C19H16F4/c1-2-3-4-14-5-7-15(8-6-14)16-9-11-17(12-10-16)18(20)13-19(21,22)23/h2,5-13H,1,3-4H2/b18-13-. The minimum absolute atomic E-state index is 0.0892. The zero-order valence-corrected chi connectivity index (χ0v) is 12.4. The minimum Gasteiger partial charge on any atom is -0.206 e. The molecule has 0 saturated carbocycles. The van der Waals surface area contributed by atoms with Crippen molar-refractivity contribution in [1.29, 1.82) is 0 Å². The van der Waals surface area contributed by atoms with Crippen molar-refractivity contribution in [2.24, 2.45) is 0 Å². The molecule has 0 unspecified atom stereocenters. The van der Waals surface area contributed by atoms with Crippen molar-refractivity contribution in [2.45, 2.75) is 19.0 Å². The van der Waals surface area contributed by atoms with E-state index in [2.05, 4.69) is 6.58 Å². The molecule has 2 aromatic rings. The van der Waals surface area contributed by atoms with Crippen LogP contribution in [0.5, 0.6) is 0 Å². The number of halogens is 4. The largest absolute Gasteiger partial charge is 0.412 e. The molecule has 120 valence electrons. The third-order valence-corrected chi connectivity index (χ3v) is 3.38. The van der Waals surface area contributed by atoms with Crippen molar-refractivity contribution in [2.75, 3.05) is 0 Å². The van der Waals surface area contributed by atoms with Crippen LogP contribution < -0.4 is 0 Å². The van der Waals surface area contributed by atoms with Crippen LogP contribution in [0.2, 0.25) is 0 Å². The molecule has 0 aliphatic heterocycles. The Bertz CT molecular complexity index is 677. The van der Waals surface area contributed by atoms with Crippen LogP contribution in [0, 0.1) is 0 Å². The molecule has 23 heavy (non-hydrogen) atoms. The van der Waals surface area contributed by atoms with Crippen LogP contribution >= 0.6 is 0 Å². The van der Waals surface area contributed by atoms with Gasteiger partial charge in [-0.2, -0.15) is 13.2 Å². The molecular weight excluding hydrogens is 304 g/mol. The summed E-state index contributed by atoms with van der Waals surface area (Å²) in [5.74, 6) is -1.29. The van der Waals surface area contributed by atoms with Gasteiger partial charge in [0, 0.05) is 5.56 Å². The maximum atomic E-state index is 13.5. The Morgan fingerprint density at radius 1 is 0.913 bits per heavy atom. The number of benzene rings is 2. The summed E-state index contributed by atoms with van der Waals surface area (Å²) in [6, 6.07) is 13.8. The average Bonchev–Trinajstić information content (AvgIpc) is 2.52. The molecule has 0 aromatic heterocycles. The number of rotatable bonds is 5. The van der Waals surface area contributed by atoms with Crippen LogP contribution in [0.1, 0.15) is 17.5 Å². The Morgan fingerprint density at radius 3 is 1.91 bits per heavy atom. The molecule has 0 heterocycles. The highest BCUT2D eigenvalue weighted by molar-refractivity contribution is 5.68. The lowest BCUT2D eigenvalue weighted by molar-refractivity contribution is -0.0798. The molecule has 4 heteroatoms. The van der Waals surface area contributed by atoms with E-state index in [1.54, 1.807) is 12.1 Å². The lowest BCUT2D eigenvalue weighted by Gasteiger charge is -2.06. The van der Waals surface area contributed by atoms with E-state index < -0.39 is 12.0 Å². The lowest BCUT2D eigenvalue weighted by atomic mass is 10.0. The summed E-state index contributed by atoms with van der Waals surface area (Å²) >= 11 is 0. The zero-order valence-electron chi connectivity index (χ0n) is 12.4. The van der Waals surface area contributed by atoms with E-state index in [0.717, 1.165) is 24.0 Å². The van der Waals surface area contributed by atoms with Gasteiger partial charge in [0.2, 0.25) is 0 Å². The van der Waals surface area contributed by atoms with Crippen molar-refractivity contribution in [3.63, 3.8) is 0 Å². The van der Waals surface area contributed by atoms with Crippen molar-refractivity contribution in [3.8, 4) is 11.1 Å². The fourth-order valence-electron chi connectivity index (χ4n) is 2.18. The topological polar surface area (TPSA) is 0 Å². The molecule has 0 aliphatic carbocycles. The van der Waals surface area contributed by atoms with Crippen LogP contribution in [0.25, 0.3) is 17.0 Å². The summed E-state index contributed by atoms with van der Waals surface area (Å²) in [5, 5.41) is 0. The average molecular weight is 320 g/mol. The van der Waals surface area contributed by atoms with E-state index in [4.69, 9.17) is 0 Å². The molecule has 0 atom stereocenters. The molecule has 2 rings (SSSR count). The van der Waals surface area contributed by atoms with E-state index in [0.29, 0.717) is 0 Å². The van der Waals surface area contributed by atoms with Crippen molar-refractivity contribution >= 4 is 5.83 Å². The molecule has 0 N–H and O–H groups in total. The van der Waals surface area contributed by atoms with Crippen molar-refractivity contribution < 1.29 is 17.6 Å². The van der Waals surface area contributed by atoms with Gasteiger partial charge in [-0.1, -0.05) is 54.6 Å². The number of alkyl halides is 3. The Morgan fingerprint density at radius 2 is 1.43 bits per heavy atom. The summed E-state index contributed by atoms with van der Waals surface area (Å²) < 4.78 is 49.9. The SMILES string of the molecule is C=CCCc1ccc(-c2ccc(/C(F)=C/C(F)(F)F)cc2)cc1. The van der Waals surface area contributed by atoms with Gasteiger partial charge in [-0.3, -0.25) is 0 Å². The third-order valence-electron chi connectivity index (χ3n) is 3.38. The molecule has 0 amide bonds. The van der Waals surface area contributed by atoms with Crippen LogP contribution in [-0.2, 0) is 6.42 Å². The summed E-state index contributed by atoms with van der Waals surface area (Å²) in [4.78, 5) is 0. The molecule has 0 aliphatic rings. The Kier molecular flexibility index (Phi) is 5.37. The molecule has 0 nitrogen and oxygen atoms in total. The van der Waals surface area contributed by atoms with Gasteiger partial charge >= 0.3 is 6.18 Å². The summed E-state index contributed by atoms with van der Waals surface area (Å²) in [5.41, 5.74) is 2.85. The van der Waals surface area contributed by atoms with E-state index >= 15 is 0 Å². The smallest absolute Gasteiger partial charge is 0.206 e. The van der Waals surface area contributed by atoms with E-state index in [1.807, 2.05) is 30.3 Å². The second kappa shape index (κ2) is 7.27. The first-order valence-corrected chi connectivity index (χ1v) is 7.15. The second-order valence-electron chi connectivity index (χ2n) is 5.14. The fraction of sp³-hybridized carbons (Fsp3) is 0.158. The summed E-state index contributed by atoms with van der Waals surface area (Å²) in [7, 11) is 0. The van der Waals surface area contributed by atoms with Crippen LogP contribution in [0.3, 0.4) is 0 Å². The highest BCUT2D eigenvalue weighted by atomic mass is 19.4. The molecular formula is C19H16F4. The molecule has 0 saturated heterocycles. The molecule has 0 radical (unpaired) electrons. The van der Waals surface area contributed by atoms with Gasteiger partial charge in [-0.25, -0.2) is 4.39 Å². The van der Waals surface area contributed by atoms with Crippen LogP contribution in [-0.4, -0.2) is 6.18 Å². The Balaban J connectivity index is 2.16. The van der Waals surface area contributed by atoms with Gasteiger partial charge < -0.3 is 0 Å². The van der Waals surface area contributed by atoms with Gasteiger partial charge in [-0.15, -0.1) is 6.58 Å². The summed E-state index contributed by atoms with van der Waals surface area (Å²) in [6.07, 6.45) is -1.33. The normalized spacial score (nSPS) is 12.3. The number of hydrogen-bond acceptors (Lipinski definition) is 0. The second-order valence-corrected chi connectivity index (χ2v) is 5.14. The molecule has 2 aromatic carbocycles.